The van der Waals surface area contributed by atoms with Gasteiger partial charge in [0, 0.05) is 18.2 Å². The maximum absolute atomic E-state index is 13.2. The summed E-state index contributed by atoms with van der Waals surface area (Å²) >= 11 is 0. The summed E-state index contributed by atoms with van der Waals surface area (Å²) < 4.78 is 13.2. The summed E-state index contributed by atoms with van der Waals surface area (Å²) in [5.74, 6) is -0.138. The molecule has 0 bridgehead atoms. The Morgan fingerprint density at radius 2 is 2.20 bits per heavy atom. The van der Waals surface area contributed by atoms with E-state index in [0.717, 1.165) is 18.4 Å². The van der Waals surface area contributed by atoms with Gasteiger partial charge in [-0.2, -0.15) is 0 Å². The van der Waals surface area contributed by atoms with Crippen molar-refractivity contribution in [3.63, 3.8) is 0 Å². The van der Waals surface area contributed by atoms with Crippen molar-refractivity contribution in [2.75, 3.05) is 0 Å². The molecule has 0 radical (unpaired) electrons. The minimum atomic E-state index is -0.138. The van der Waals surface area contributed by atoms with E-state index >= 15 is 0 Å². The van der Waals surface area contributed by atoms with E-state index in [1.54, 1.807) is 6.07 Å². The topological polar surface area (TPSA) is 12.0 Å². The first-order chi connectivity index (χ1) is 7.24. The average molecular weight is 207 g/mol. The number of benzene rings is 1. The largest absolute Gasteiger partial charge is 0.310 e. The van der Waals surface area contributed by atoms with E-state index in [1.807, 2.05) is 18.2 Å². The summed E-state index contributed by atoms with van der Waals surface area (Å²) in [6, 6.07) is 7.25. The third-order valence-corrected chi connectivity index (χ3v) is 2.40. The molecule has 0 amide bonds. The highest BCUT2D eigenvalue weighted by atomic mass is 19.1. The Kier molecular flexibility index (Phi) is 5.05. The molecule has 0 saturated carbocycles. The monoisotopic (exact) mass is 207 g/mol. The number of halogens is 1. The Labute approximate surface area is 91.0 Å². The third-order valence-electron chi connectivity index (χ3n) is 2.40. The SMILES string of the molecule is C=CCC[C@H](C)NCc1ccccc1F. The van der Waals surface area contributed by atoms with Crippen LogP contribution in [0.25, 0.3) is 0 Å². The van der Waals surface area contributed by atoms with Gasteiger partial charge in [0.2, 0.25) is 0 Å². The van der Waals surface area contributed by atoms with Crippen LogP contribution in [0.5, 0.6) is 0 Å². The maximum Gasteiger partial charge on any atom is 0.127 e. The molecule has 0 spiro atoms. The van der Waals surface area contributed by atoms with Crippen molar-refractivity contribution in [2.24, 2.45) is 0 Å². The number of rotatable bonds is 6. The highest BCUT2D eigenvalue weighted by Gasteiger charge is 2.03. The minimum absolute atomic E-state index is 0.138. The van der Waals surface area contributed by atoms with Crippen molar-refractivity contribution in [3.8, 4) is 0 Å². The van der Waals surface area contributed by atoms with Crippen molar-refractivity contribution in [1.82, 2.24) is 5.32 Å². The zero-order valence-electron chi connectivity index (χ0n) is 9.17. The quantitative estimate of drug-likeness (QED) is 0.706. The van der Waals surface area contributed by atoms with Crippen LogP contribution in [-0.4, -0.2) is 6.04 Å². The minimum Gasteiger partial charge on any atom is -0.310 e. The Bertz CT molecular complexity index is 309. The molecule has 1 aromatic carbocycles. The molecule has 0 aliphatic heterocycles. The van der Waals surface area contributed by atoms with E-state index in [2.05, 4.69) is 18.8 Å². The van der Waals surface area contributed by atoms with Gasteiger partial charge in [-0.15, -0.1) is 6.58 Å². The lowest BCUT2D eigenvalue weighted by Gasteiger charge is -2.12. The molecular formula is C13H18FN. The number of hydrogen-bond acceptors (Lipinski definition) is 1. The fourth-order valence-corrected chi connectivity index (χ4v) is 1.40. The zero-order valence-corrected chi connectivity index (χ0v) is 9.17. The summed E-state index contributed by atoms with van der Waals surface area (Å²) in [4.78, 5) is 0. The first kappa shape index (κ1) is 11.9. The molecule has 1 atom stereocenters. The third kappa shape index (κ3) is 4.26. The fraction of sp³-hybridized carbons (Fsp3) is 0.385. The van der Waals surface area contributed by atoms with Crippen LogP contribution in [0.1, 0.15) is 25.3 Å². The highest BCUT2D eigenvalue weighted by Crippen LogP contribution is 2.06. The van der Waals surface area contributed by atoms with Crippen molar-refractivity contribution in [1.29, 1.82) is 0 Å². The molecule has 1 rings (SSSR count). The van der Waals surface area contributed by atoms with Gasteiger partial charge in [-0.3, -0.25) is 0 Å². The molecule has 1 nitrogen and oxygen atoms in total. The van der Waals surface area contributed by atoms with Gasteiger partial charge in [0.15, 0.2) is 0 Å². The van der Waals surface area contributed by atoms with Gasteiger partial charge < -0.3 is 5.32 Å². The molecule has 2 heteroatoms. The van der Waals surface area contributed by atoms with E-state index in [1.165, 1.54) is 6.07 Å². The summed E-state index contributed by atoms with van der Waals surface area (Å²) in [6.07, 6.45) is 3.94. The molecule has 1 N–H and O–H groups in total. The predicted molar refractivity (Wildman–Crippen MR) is 62.1 cm³/mol. The second-order valence-electron chi connectivity index (χ2n) is 3.74. The summed E-state index contributed by atoms with van der Waals surface area (Å²) in [6.45, 7) is 6.37. The molecule has 0 heterocycles. The Hall–Kier alpha value is -1.15. The standard InChI is InChI=1S/C13H18FN/c1-3-4-7-11(2)15-10-12-8-5-6-9-13(12)14/h3,5-6,8-9,11,15H,1,4,7,10H2,2H3/t11-/m0/s1. The lowest BCUT2D eigenvalue weighted by molar-refractivity contribution is 0.504. The first-order valence-electron chi connectivity index (χ1n) is 5.31. The zero-order chi connectivity index (χ0) is 11.1. The molecule has 1 aromatic rings. The smallest absolute Gasteiger partial charge is 0.127 e. The summed E-state index contributed by atoms with van der Waals surface area (Å²) in [5, 5.41) is 3.29. The molecular weight excluding hydrogens is 189 g/mol. The van der Waals surface area contributed by atoms with Crippen molar-refractivity contribution < 1.29 is 4.39 Å². The van der Waals surface area contributed by atoms with E-state index < -0.39 is 0 Å². The average Bonchev–Trinajstić information content (AvgIpc) is 2.25. The van der Waals surface area contributed by atoms with Gasteiger partial charge in [-0.25, -0.2) is 4.39 Å². The van der Waals surface area contributed by atoms with Crippen LogP contribution in [-0.2, 0) is 6.54 Å². The molecule has 0 fully saturated rings. The number of hydrogen-bond donors (Lipinski definition) is 1. The lowest BCUT2D eigenvalue weighted by Crippen LogP contribution is -2.25. The van der Waals surface area contributed by atoms with Gasteiger partial charge in [0.1, 0.15) is 5.82 Å². The summed E-state index contributed by atoms with van der Waals surface area (Å²) in [5.41, 5.74) is 0.725. The molecule has 82 valence electrons. The molecule has 15 heavy (non-hydrogen) atoms. The predicted octanol–water partition coefficient (Wildman–Crippen LogP) is 3.27. The number of nitrogens with one attached hydrogen (secondary N) is 1. The second-order valence-corrected chi connectivity index (χ2v) is 3.74. The highest BCUT2D eigenvalue weighted by molar-refractivity contribution is 5.16. The second kappa shape index (κ2) is 6.36. The van der Waals surface area contributed by atoms with Crippen LogP contribution in [0.2, 0.25) is 0 Å². The molecule has 0 saturated heterocycles. The first-order valence-corrected chi connectivity index (χ1v) is 5.31. The van der Waals surface area contributed by atoms with E-state index in [4.69, 9.17) is 0 Å². The summed E-state index contributed by atoms with van der Waals surface area (Å²) in [7, 11) is 0. The van der Waals surface area contributed by atoms with Gasteiger partial charge in [0.05, 0.1) is 0 Å². The normalized spacial score (nSPS) is 12.4. The van der Waals surface area contributed by atoms with Crippen molar-refractivity contribution in [3.05, 3.63) is 48.3 Å². The van der Waals surface area contributed by atoms with Gasteiger partial charge in [-0.1, -0.05) is 24.3 Å². The van der Waals surface area contributed by atoms with Crippen LogP contribution in [0, 0.1) is 5.82 Å². The number of allylic oxidation sites excluding steroid dienone is 1. The van der Waals surface area contributed by atoms with E-state index in [0.29, 0.717) is 12.6 Å². The Balaban J connectivity index is 2.36. The van der Waals surface area contributed by atoms with Crippen LogP contribution >= 0.6 is 0 Å². The van der Waals surface area contributed by atoms with E-state index in [-0.39, 0.29) is 5.82 Å². The molecule has 0 aromatic heterocycles. The van der Waals surface area contributed by atoms with E-state index in [9.17, 15) is 4.39 Å². The van der Waals surface area contributed by atoms with Crippen LogP contribution in [0.3, 0.4) is 0 Å². The molecule has 0 unspecified atom stereocenters. The van der Waals surface area contributed by atoms with Gasteiger partial charge in [-0.05, 0) is 25.8 Å². The lowest BCUT2D eigenvalue weighted by atomic mass is 10.1. The van der Waals surface area contributed by atoms with Crippen molar-refractivity contribution in [2.45, 2.75) is 32.4 Å². The van der Waals surface area contributed by atoms with Crippen LogP contribution < -0.4 is 5.32 Å². The maximum atomic E-state index is 13.2. The van der Waals surface area contributed by atoms with Crippen molar-refractivity contribution >= 4 is 0 Å². The fourth-order valence-electron chi connectivity index (χ4n) is 1.40. The van der Waals surface area contributed by atoms with Crippen LogP contribution in [0.4, 0.5) is 4.39 Å². The Morgan fingerprint density at radius 1 is 1.47 bits per heavy atom. The van der Waals surface area contributed by atoms with Gasteiger partial charge >= 0.3 is 0 Å². The Morgan fingerprint density at radius 3 is 2.87 bits per heavy atom. The molecule has 0 aliphatic carbocycles. The van der Waals surface area contributed by atoms with Gasteiger partial charge in [0.25, 0.3) is 0 Å². The van der Waals surface area contributed by atoms with Crippen LogP contribution in [0.15, 0.2) is 36.9 Å². The molecule has 0 aliphatic rings.